The van der Waals surface area contributed by atoms with Gasteiger partial charge in [0.2, 0.25) is 10.0 Å². The third-order valence-electron chi connectivity index (χ3n) is 6.41. The number of benzene rings is 1. The summed E-state index contributed by atoms with van der Waals surface area (Å²) in [5.41, 5.74) is 0.677. The van der Waals surface area contributed by atoms with Gasteiger partial charge in [-0.15, -0.1) is 0 Å². The van der Waals surface area contributed by atoms with Gasteiger partial charge in [0.05, 0.1) is 4.90 Å². The minimum atomic E-state index is -3.46. The molecule has 0 bridgehead atoms. The second-order valence-electron chi connectivity index (χ2n) is 10.8. The number of hydrogen-bond donors (Lipinski definition) is 2. The molecule has 1 aromatic carbocycles. The van der Waals surface area contributed by atoms with E-state index in [2.05, 4.69) is 38.3 Å². The van der Waals surface area contributed by atoms with Crippen LogP contribution in [0.4, 0.5) is 0 Å². The van der Waals surface area contributed by atoms with Crippen LogP contribution in [0.3, 0.4) is 0 Å². The van der Waals surface area contributed by atoms with Gasteiger partial charge >= 0.3 is 5.97 Å². The lowest BCUT2D eigenvalue weighted by Crippen LogP contribution is -2.62. The molecule has 0 atom stereocenters. The van der Waals surface area contributed by atoms with Gasteiger partial charge in [0, 0.05) is 36.6 Å². The predicted octanol–water partition coefficient (Wildman–Crippen LogP) is 2.76. The Hall–Kier alpha value is -1.97. The molecule has 1 aromatic rings. The first kappa shape index (κ1) is 26.6. The lowest BCUT2D eigenvalue weighted by molar-refractivity contribution is -0.148. The molecule has 0 radical (unpaired) electrons. The molecule has 0 unspecified atom stereocenters. The molecule has 3 rings (SSSR count). The largest absolute Gasteiger partial charge is 0.456 e. The summed E-state index contributed by atoms with van der Waals surface area (Å²) < 4.78 is 32.2. The maximum Gasteiger partial charge on any atom is 0.306 e. The van der Waals surface area contributed by atoms with Crippen LogP contribution >= 0.6 is 0 Å². The Morgan fingerprint density at radius 2 is 1.62 bits per heavy atom. The molecule has 2 aliphatic rings. The van der Waals surface area contributed by atoms with E-state index in [1.54, 1.807) is 28.6 Å². The Labute approximate surface area is 203 Å². The zero-order valence-corrected chi connectivity index (χ0v) is 21.7. The first-order valence-corrected chi connectivity index (χ1v) is 13.6. The SMILES string of the molecule is CC1(C)CC(NC(=O)COC(=O)CCc2ccc(S(=O)(=O)N3CCCCC3)cc2)CC(C)(C)N1. The molecule has 9 heteroatoms. The van der Waals surface area contributed by atoms with Crippen molar-refractivity contribution in [3.63, 3.8) is 0 Å². The van der Waals surface area contributed by atoms with Crippen LogP contribution in [0.25, 0.3) is 0 Å². The second-order valence-corrected chi connectivity index (χ2v) is 12.8. The molecule has 8 nitrogen and oxygen atoms in total. The number of carbonyl (C=O) groups excluding carboxylic acids is 2. The number of hydrogen-bond acceptors (Lipinski definition) is 6. The number of amides is 1. The standard InChI is InChI=1S/C25H39N3O5S/c1-24(2)16-20(17-25(3,4)27-24)26-22(29)18-33-23(30)13-10-19-8-11-21(12-9-19)34(31,32)28-14-6-5-7-15-28/h8-9,11-12,20,27H,5-7,10,13-18H2,1-4H3,(H,26,29). The van der Waals surface area contributed by atoms with Gasteiger partial charge in [-0.1, -0.05) is 18.6 Å². The summed E-state index contributed by atoms with van der Waals surface area (Å²) in [5.74, 6) is -0.745. The van der Waals surface area contributed by atoms with Gasteiger partial charge in [-0.3, -0.25) is 9.59 Å². The lowest BCUT2D eigenvalue weighted by atomic mass is 9.79. The molecule has 2 N–H and O–H groups in total. The zero-order chi connectivity index (χ0) is 25.0. The molecule has 0 aliphatic carbocycles. The van der Waals surface area contributed by atoms with Gasteiger partial charge in [0.25, 0.3) is 5.91 Å². The van der Waals surface area contributed by atoms with Crippen LogP contribution in [-0.2, 0) is 30.8 Å². The maximum atomic E-state index is 12.7. The third-order valence-corrected chi connectivity index (χ3v) is 8.33. The van der Waals surface area contributed by atoms with Crippen LogP contribution in [0.15, 0.2) is 29.2 Å². The van der Waals surface area contributed by atoms with Crippen molar-refractivity contribution in [3.05, 3.63) is 29.8 Å². The van der Waals surface area contributed by atoms with Gasteiger partial charge in [0.1, 0.15) is 0 Å². The highest BCUT2D eigenvalue weighted by Crippen LogP contribution is 2.28. The highest BCUT2D eigenvalue weighted by Gasteiger charge is 2.38. The van der Waals surface area contributed by atoms with Crippen molar-refractivity contribution in [3.8, 4) is 0 Å². The highest BCUT2D eigenvalue weighted by atomic mass is 32.2. The van der Waals surface area contributed by atoms with E-state index >= 15 is 0 Å². The molecule has 190 valence electrons. The minimum Gasteiger partial charge on any atom is -0.456 e. The molecular weight excluding hydrogens is 454 g/mol. The van der Waals surface area contributed by atoms with E-state index in [9.17, 15) is 18.0 Å². The Morgan fingerprint density at radius 3 is 2.21 bits per heavy atom. The number of rotatable bonds is 8. The van der Waals surface area contributed by atoms with Crippen LogP contribution in [0.2, 0.25) is 0 Å². The van der Waals surface area contributed by atoms with Crippen LogP contribution < -0.4 is 10.6 Å². The van der Waals surface area contributed by atoms with Crippen molar-refractivity contribution in [2.75, 3.05) is 19.7 Å². The number of aryl methyl sites for hydroxylation is 1. The van der Waals surface area contributed by atoms with E-state index in [-0.39, 0.29) is 41.0 Å². The molecule has 0 spiro atoms. The van der Waals surface area contributed by atoms with Crippen molar-refractivity contribution in [2.24, 2.45) is 0 Å². The number of carbonyl (C=O) groups is 2. The molecule has 2 heterocycles. The van der Waals surface area contributed by atoms with Gasteiger partial charge in [-0.05, 0) is 77.5 Å². The third kappa shape index (κ3) is 7.52. The first-order valence-electron chi connectivity index (χ1n) is 12.2. The van der Waals surface area contributed by atoms with Gasteiger partial charge in [-0.2, -0.15) is 4.31 Å². The molecule has 34 heavy (non-hydrogen) atoms. The van der Waals surface area contributed by atoms with E-state index in [4.69, 9.17) is 4.74 Å². The highest BCUT2D eigenvalue weighted by molar-refractivity contribution is 7.89. The fourth-order valence-electron chi connectivity index (χ4n) is 5.24. The van der Waals surface area contributed by atoms with E-state index < -0.39 is 16.0 Å². The topological polar surface area (TPSA) is 105 Å². The van der Waals surface area contributed by atoms with Crippen LogP contribution in [-0.4, -0.2) is 61.4 Å². The van der Waals surface area contributed by atoms with Crippen LogP contribution in [0.5, 0.6) is 0 Å². The molecule has 1 amide bonds. The van der Waals surface area contributed by atoms with Gasteiger partial charge in [-0.25, -0.2) is 8.42 Å². The summed E-state index contributed by atoms with van der Waals surface area (Å²) in [6, 6.07) is 6.69. The van der Waals surface area contributed by atoms with Crippen molar-refractivity contribution in [1.82, 2.24) is 14.9 Å². The Bertz CT molecular complexity index is 951. The molecule has 0 saturated carbocycles. The second kappa shape index (κ2) is 10.7. The van der Waals surface area contributed by atoms with Crippen molar-refractivity contribution >= 4 is 21.9 Å². The van der Waals surface area contributed by atoms with Crippen LogP contribution in [0, 0.1) is 0 Å². The van der Waals surface area contributed by atoms with Gasteiger partial charge < -0.3 is 15.4 Å². The minimum absolute atomic E-state index is 0.0252. The monoisotopic (exact) mass is 493 g/mol. The summed E-state index contributed by atoms with van der Waals surface area (Å²) in [7, 11) is -3.46. The van der Waals surface area contributed by atoms with Crippen LogP contribution in [0.1, 0.15) is 71.8 Å². The molecule has 0 aromatic heterocycles. The van der Waals surface area contributed by atoms with Gasteiger partial charge in [0.15, 0.2) is 6.61 Å². The maximum absolute atomic E-state index is 12.7. The number of sulfonamides is 1. The summed E-state index contributed by atoms with van der Waals surface area (Å²) >= 11 is 0. The number of nitrogens with one attached hydrogen (secondary N) is 2. The Kier molecular flexibility index (Phi) is 8.42. The number of piperidine rings is 2. The Morgan fingerprint density at radius 1 is 1.03 bits per heavy atom. The van der Waals surface area contributed by atoms with Crippen molar-refractivity contribution < 1.29 is 22.7 Å². The average Bonchev–Trinajstić information content (AvgIpc) is 2.75. The smallest absolute Gasteiger partial charge is 0.306 e. The molecule has 2 saturated heterocycles. The lowest BCUT2D eigenvalue weighted by Gasteiger charge is -2.46. The van der Waals surface area contributed by atoms with E-state index in [1.807, 2.05) is 0 Å². The fraction of sp³-hybridized carbons (Fsp3) is 0.680. The van der Waals surface area contributed by atoms with E-state index in [0.29, 0.717) is 19.5 Å². The molecule has 2 aliphatic heterocycles. The number of nitrogens with zero attached hydrogens (tertiary/aromatic N) is 1. The zero-order valence-electron chi connectivity index (χ0n) is 20.9. The summed E-state index contributed by atoms with van der Waals surface area (Å²) in [6.07, 6.45) is 5.01. The normalized spacial score (nSPS) is 21.1. The van der Waals surface area contributed by atoms with Crippen molar-refractivity contribution in [2.45, 2.75) is 94.7 Å². The number of esters is 1. The Balaban J connectivity index is 1.42. The van der Waals surface area contributed by atoms with Crippen molar-refractivity contribution in [1.29, 1.82) is 0 Å². The average molecular weight is 494 g/mol. The summed E-state index contributed by atoms with van der Waals surface area (Å²) in [6.45, 7) is 9.29. The quantitative estimate of drug-likeness (QED) is 0.540. The predicted molar refractivity (Wildman–Crippen MR) is 131 cm³/mol. The molecule has 2 fully saturated rings. The molecular formula is C25H39N3O5S. The summed E-state index contributed by atoms with van der Waals surface area (Å²) in [5, 5.41) is 6.56. The first-order chi connectivity index (χ1) is 15.9. The fourth-order valence-corrected chi connectivity index (χ4v) is 6.76. The van der Waals surface area contributed by atoms with E-state index in [0.717, 1.165) is 37.7 Å². The summed E-state index contributed by atoms with van der Waals surface area (Å²) in [4.78, 5) is 24.7. The van der Waals surface area contributed by atoms with E-state index in [1.165, 1.54) is 0 Å². The number of ether oxygens (including phenoxy) is 1.